The zero-order chi connectivity index (χ0) is 16.5. The fourth-order valence-corrected chi connectivity index (χ4v) is 3.89. The van der Waals surface area contributed by atoms with E-state index in [0.29, 0.717) is 17.9 Å². The fraction of sp³-hybridized carbons (Fsp3) is 0.500. The molecule has 1 aromatic carbocycles. The first-order chi connectivity index (χ1) is 11.7. The van der Waals surface area contributed by atoms with Crippen molar-refractivity contribution in [1.29, 1.82) is 0 Å². The van der Waals surface area contributed by atoms with Gasteiger partial charge in [0.25, 0.3) is 0 Å². The van der Waals surface area contributed by atoms with Gasteiger partial charge in [-0.25, -0.2) is 0 Å². The summed E-state index contributed by atoms with van der Waals surface area (Å²) in [6.45, 7) is 7.83. The summed E-state index contributed by atoms with van der Waals surface area (Å²) < 4.78 is 6.17. The van der Waals surface area contributed by atoms with Crippen LogP contribution in [0.4, 0.5) is 0 Å². The minimum absolute atomic E-state index is 0.295. The first-order valence-electron chi connectivity index (χ1n) is 8.99. The Balaban J connectivity index is 1.46. The van der Waals surface area contributed by atoms with Crippen LogP contribution in [0.5, 0.6) is 5.88 Å². The van der Waals surface area contributed by atoms with Crippen LogP contribution in [0, 0.1) is 19.8 Å². The predicted octanol–water partition coefficient (Wildman–Crippen LogP) is 3.62. The van der Waals surface area contributed by atoms with E-state index in [1.165, 1.54) is 37.1 Å². The smallest absolute Gasteiger partial charge is 0.233 e. The molecule has 2 saturated heterocycles. The van der Waals surface area contributed by atoms with E-state index in [1.807, 2.05) is 12.1 Å². The van der Waals surface area contributed by atoms with Gasteiger partial charge in [0.2, 0.25) is 5.88 Å². The van der Waals surface area contributed by atoms with Crippen LogP contribution < -0.4 is 4.74 Å². The van der Waals surface area contributed by atoms with E-state index >= 15 is 0 Å². The number of benzene rings is 1. The Morgan fingerprint density at radius 1 is 1.00 bits per heavy atom. The van der Waals surface area contributed by atoms with Gasteiger partial charge < -0.3 is 9.64 Å². The lowest BCUT2D eigenvalue weighted by Gasteiger charge is -2.42. The average molecular weight is 323 g/mol. The van der Waals surface area contributed by atoms with Gasteiger partial charge in [0.05, 0.1) is 5.69 Å². The van der Waals surface area contributed by atoms with E-state index in [2.05, 4.69) is 47.1 Å². The standard InChI is InChI=1S/C20H25N3O/c1-14-5-6-16(12-15(14)2)18-7-8-20(22-21-18)24-19-9-11-23-10-3-4-17(19)13-23/h5-8,12,17,19H,3-4,9-11,13H2,1-2H3. The van der Waals surface area contributed by atoms with Gasteiger partial charge in [-0.1, -0.05) is 12.1 Å². The highest BCUT2D eigenvalue weighted by Gasteiger charge is 2.33. The largest absolute Gasteiger partial charge is 0.473 e. The highest BCUT2D eigenvalue weighted by Crippen LogP contribution is 2.29. The van der Waals surface area contributed by atoms with Gasteiger partial charge in [-0.15, -0.1) is 10.2 Å². The minimum atomic E-state index is 0.295. The minimum Gasteiger partial charge on any atom is -0.473 e. The molecule has 0 amide bonds. The van der Waals surface area contributed by atoms with Crippen LogP contribution >= 0.6 is 0 Å². The molecule has 126 valence electrons. The van der Waals surface area contributed by atoms with Crippen molar-refractivity contribution in [1.82, 2.24) is 15.1 Å². The van der Waals surface area contributed by atoms with Crippen LogP contribution in [0.1, 0.15) is 30.4 Å². The number of rotatable bonds is 3. The molecule has 2 bridgehead atoms. The molecule has 4 heteroatoms. The summed E-state index contributed by atoms with van der Waals surface area (Å²) in [6, 6.07) is 10.4. The van der Waals surface area contributed by atoms with Gasteiger partial charge in [-0.05, 0) is 62.9 Å². The first kappa shape index (κ1) is 15.6. The van der Waals surface area contributed by atoms with E-state index in [0.717, 1.165) is 24.2 Å². The number of piperidine rings is 2. The van der Waals surface area contributed by atoms with Gasteiger partial charge in [0.1, 0.15) is 6.10 Å². The molecule has 2 aromatic rings. The van der Waals surface area contributed by atoms with Crippen molar-refractivity contribution >= 4 is 0 Å². The Bertz CT molecular complexity index is 713. The Morgan fingerprint density at radius 3 is 2.71 bits per heavy atom. The quantitative estimate of drug-likeness (QED) is 0.864. The molecule has 3 heterocycles. The van der Waals surface area contributed by atoms with Gasteiger partial charge >= 0.3 is 0 Å². The Labute approximate surface area is 143 Å². The maximum Gasteiger partial charge on any atom is 0.233 e. The van der Waals surface area contributed by atoms with Crippen LogP contribution in [0.3, 0.4) is 0 Å². The van der Waals surface area contributed by atoms with Gasteiger partial charge in [-0.2, -0.15) is 0 Å². The second-order valence-corrected chi connectivity index (χ2v) is 7.20. The first-order valence-corrected chi connectivity index (χ1v) is 8.99. The third-order valence-corrected chi connectivity index (χ3v) is 5.51. The monoisotopic (exact) mass is 323 g/mol. The molecular formula is C20H25N3O. The zero-order valence-electron chi connectivity index (χ0n) is 14.5. The molecule has 4 nitrogen and oxygen atoms in total. The maximum absolute atomic E-state index is 6.17. The molecule has 0 N–H and O–H groups in total. The lowest BCUT2D eigenvalue weighted by Crippen LogP contribution is -2.49. The number of aromatic nitrogens is 2. The van der Waals surface area contributed by atoms with Crippen molar-refractivity contribution in [3.63, 3.8) is 0 Å². The van der Waals surface area contributed by atoms with Crippen LogP contribution in [0.2, 0.25) is 0 Å². The fourth-order valence-electron chi connectivity index (χ4n) is 3.89. The average Bonchev–Trinajstić information content (AvgIpc) is 2.61. The van der Waals surface area contributed by atoms with Crippen molar-refractivity contribution in [3.8, 4) is 17.1 Å². The molecule has 3 unspecified atom stereocenters. The number of aryl methyl sites for hydroxylation is 2. The van der Waals surface area contributed by atoms with E-state index in [-0.39, 0.29) is 0 Å². The molecule has 0 saturated carbocycles. The summed E-state index contributed by atoms with van der Waals surface area (Å²) in [6.07, 6.45) is 3.96. The lowest BCUT2D eigenvalue weighted by atomic mass is 9.87. The molecule has 4 rings (SSSR count). The van der Waals surface area contributed by atoms with E-state index in [4.69, 9.17) is 4.74 Å². The van der Waals surface area contributed by atoms with Gasteiger partial charge in [-0.3, -0.25) is 0 Å². The molecule has 2 aliphatic heterocycles. The summed E-state index contributed by atoms with van der Waals surface area (Å²) in [4.78, 5) is 2.56. The third-order valence-electron chi connectivity index (χ3n) is 5.51. The molecule has 2 fully saturated rings. The lowest BCUT2D eigenvalue weighted by molar-refractivity contribution is 0.0123. The normalized spacial score (nSPS) is 26.2. The number of hydrogen-bond donors (Lipinski definition) is 0. The van der Waals surface area contributed by atoms with Gasteiger partial charge in [0, 0.05) is 30.6 Å². The Morgan fingerprint density at radius 2 is 1.92 bits per heavy atom. The highest BCUT2D eigenvalue weighted by molar-refractivity contribution is 5.60. The van der Waals surface area contributed by atoms with Crippen LogP contribution in [-0.2, 0) is 0 Å². The van der Waals surface area contributed by atoms with Crippen molar-refractivity contribution in [3.05, 3.63) is 41.5 Å². The second-order valence-electron chi connectivity index (χ2n) is 7.20. The molecule has 0 radical (unpaired) electrons. The van der Waals surface area contributed by atoms with Crippen molar-refractivity contribution in [2.45, 2.75) is 39.2 Å². The molecule has 0 spiro atoms. The van der Waals surface area contributed by atoms with E-state index in [1.54, 1.807) is 0 Å². The summed E-state index contributed by atoms with van der Waals surface area (Å²) in [5.74, 6) is 1.31. The molecular weight excluding hydrogens is 298 g/mol. The SMILES string of the molecule is Cc1ccc(-c2ccc(OC3CCN4CCCC3C4)nn2)cc1C. The second kappa shape index (κ2) is 6.52. The molecule has 3 atom stereocenters. The highest BCUT2D eigenvalue weighted by atomic mass is 16.5. The number of nitrogens with zero attached hydrogens (tertiary/aromatic N) is 3. The molecule has 1 aromatic heterocycles. The third kappa shape index (κ3) is 3.16. The van der Waals surface area contributed by atoms with Gasteiger partial charge in [0.15, 0.2) is 0 Å². The maximum atomic E-state index is 6.17. The summed E-state index contributed by atoms with van der Waals surface area (Å²) in [5, 5.41) is 8.70. The topological polar surface area (TPSA) is 38.2 Å². The van der Waals surface area contributed by atoms with Crippen molar-refractivity contribution in [2.24, 2.45) is 5.92 Å². The summed E-state index contributed by atoms with van der Waals surface area (Å²) in [5.41, 5.74) is 4.58. The number of fused-ring (bicyclic) bond motifs is 2. The molecule has 2 aliphatic rings. The molecule has 0 aliphatic carbocycles. The predicted molar refractivity (Wildman–Crippen MR) is 95.1 cm³/mol. The van der Waals surface area contributed by atoms with Crippen molar-refractivity contribution < 1.29 is 4.74 Å². The van der Waals surface area contributed by atoms with Crippen LogP contribution in [0.25, 0.3) is 11.3 Å². The van der Waals surface area contributed by atoms with Crippen LogP contribution in [-0.4, -0.2) is 40.8 Å². The summed E-state index contributed by atoms with van der Waals surface area (Å²) in [7, 11) is 0. The number of hydrogen-bond acceptors (Lipinski definition) is 4. The summed E-state index contributed by atoms with van der Waals surface area (Å²) >= 11 is 0. The number of ether oxygens (including phenoxy) is 1. The van der Waals surface area contributed by atoms with E-state index in [9.17, 15) is 0 Å². The Kier molecular flexibility index (Phi) is 4.23. The van der Waals surface area contributed by atoms with Crippen molar-refractivity contribution in [2.75, 3.05) is 19.6 Å². The van der Waals surface area contributed by atoms with Crippen LogP contribution in [0.15, 0.2) is 30.3 Å². The molecule has 24 heavy (non-hydrogen) atoms. The zero-order valence-corrected chi connectivity index (χ0v) is 14.5. The van der Waals surface area contributed by atoms with E-state index < -0.39 is 0 Å². The Hall–Kier alpha value is -1.94.